The lowest BCUT2D eigenvalue weighted by Gasteiger charge is -2.32. The average Bonchev–Trinajstić information content (AvgIpc) is 3.33. The normalized spacial score (nSPS) is 17.3. The maximum atomic E-state index is 13.4. The number of carbonyl (C=O) groups excluding carboxylic acids is 2. The van der Waals surface area contributed by atoms with Gasteiger partial charge in [0.05, 0.1) is 16.7 Å². The Kier molecular flexibility index (Phi) is 6.19. The number of aromatic nitrogens is 1. The van der Waals surface area contributed by atoms with Gasteiger partial charge in [0.15, 0.2) is 0 Å². The maximum absolute atomic E-state index is 13.4. The average molecular weight is 509 g/mol. The van der Waals surface area contributed by atoms with Gasteiger partial charge < -0.3 is 20.1 Å². The van der Waals surface area contributed by atoms with Crippen molar-refractivity contribution < 1.29 is 22.8 Å². The molecule has 0 atom stereocenters. The molecule has 2 aromatic carbocycles. The Morgan fingerprint density at radius 1 is 1.03 bits per heavy atom. The van der Waals surface area contributed by atoms with Crippen molar-refractivity contribution in [2.75, 3.05) is 38.5 Å². The lowest BCUT2D eigenvalue weighted by atomic mass is 9.93. The quantitative estimate of drug-likeness (QED) is 0.478. The molecule has 1 fully saturated rings. The Bertz CT molecular complexity index is 1430. The van der Waals surface area contributed by atoms with Crippen LogP contribution in [0.3, 0.4) is 0 Å². The Labute approximate surface area is 212 Å². The van der Waals surface area contributed by atoms with E-state index in [4.69, 9.17) is 0 Å². The summed E-state index contributed by atoms with van der Waals surface area (Å²) in [6, 6.07) is 10.2. The molecule has 5 rings (SSSR count). The van der Waals surface area contributed by atoms with Crippen molar-refractivity contribution in [3.05, 3.63) is 76.1 Å². The molecule has 0 saturated carbocycles. The molecule has 2 aliphatic rings. The van der Waals surface area contributed by atoms with Gasteiger partial charge in [-0.2, -0.15) is 13.2 Å². The third kappa shape index (κ3) is 4.55. The summed E-state index contributed by atoms with van der Waals surface area (Å²) in [5.41, 5.74) is 4.14. The number of aromatic amines is 1. The number of anilines is 1. The summed E-state index contributed by atoms with van der Waals surface area (Å²) in [7, 11) is 2.02. The number of hydrogen-bond acceptors (Lipinski definition) is 3. The van der Waals surface area contributed by atoms with Crippen molar-refractivity contribution in [3.8, 4) is 11.1 Å². The number of aryl methyl sites for hydroxylation is 1. The number of nitrogens with zero attached hydrogens (tertiary/aromatic N) is 2. The zero-order chi connectivity index (χ0) is 26.5. The molecule has 0 unspecified atom stereocenters. The minimum absolute atomic E-state index is 0.0510. The Morgan fingerprint density at radius 3 is 2.43 bits per heavy atom. The molecule has 1 saturated heterocycles. The molecule has 2 aliphatic heterocycles. The van der Waals surface area contributed by atoms with Crippen LogP contribution in [-0.4, -0.2) is 59.8 Å². The van der Waals surface area contributed by atoms with Crippen molar-refractivity contribution in [2.45, 2.75) is 20.0 Å². The molecule has 0 spiro atoms. The van der Waals surface area contributed by atoms with Crippen LogP contribution in [0.2, 0.25) is 0 Å². The smallest absolute Gasteiger partial charge is 0.358 e. The van der Waals surface area contributed by atoms with Crippen LogP contribution in [-0.2, 0) is 11.0 Å². The minimum Gasteiger partial charge on any atom is -0.358 e. The number of halogens is 3. The lowest BCUT2D eigenvalue weighted by Crippen LogP contribution is -2.47. The van der Waals surface area contributed by atoms with E-state index in [2.05, 4.69) is 15.2 Å². The third-order valence-electron chi connectivity index (χ3n) is 7.10. The highest BCUT2D eigenvalue weighted by atomic mass is 19.4. The number of amides is 2. The second kappa shape index (κ2) is 9.23. The van der Waals surface area contributed by atoms with Crippen molar-refractivity contribution in [1.29, 1.82) is 0 Å². The summed E-state index contributed by atoms with van der Waals surface area (Å²) < 4.78 is 40.1. The Hall–Kier alpha value is -3.85. The van der Waals surface area contributed by atoms with Crippen molar-refractivity contribution in [1.82, 2.24) is 14.8 Å². The van der Waals surface area contributed by atoms with Crippen molar-refractivity contribution in [2.24, 2.45) is 0 Å². The van der Waals surface area contributed by atoms with E-state index in [-0.39, 0.29) is 11.8 Å². The van der Waals surface area contributed by atoms with Gasteiger partial charge in [-0.3, -0.25) is 9.59 Å². The summed E-state index contributed by atoms with van der Waals surface area (Å²) in [4.78, 5) is 33.6. The minimum atomic E-state index is -4.48. The first kappa shape index (κ1) is 24.8. The summed E-state index contributed by atoms with van der Waals surface area (Å²) in [5, 5.41) is 2.82. The van der Waals surface area contributed by atoms with Crippen LogP contribution in [0.4, 0.5) is 18.9 Å². The molecule has 0 aliphatic carbocycles. The molecule has 3 heterocycles. The molecular formula is C28H27F3N4O2. The molecule has 192 valence electrons. The van der Waals surface area contributed by atoms with Crippen molar-refractivity contribution >= 4 is 29.2 Å². The number of fused-ring (bicyclic) bond motifs is 1. The Balaban J connectivity index is 1.56. The number of piperazine rings is 1. The van der Waals surface area contributed by atoms with E-state index < -0.39 is 11.7 Å². The number of rotatable bonds is 3. The molecule has 2 N–H and O–H groups in total. The third-order valence-corrected chi connectivity index (χ3v) is 7.10. The van der Waals surface area contributed by atoms with Crippen molar-refractivity contribution in [3.63, 3.8) is 0 Å². The molecule has 0 bridgehead atoms. The van der Waals surface area contributed by atoms with Gasteiger partial charge in [-0.15, -0.1) is 0 Å². The first-order chi connectivity index (χ1) is 17.5. The molecule has 1 aromatic heterocycles. The zero-order valence-corrected chi connectivity index (χ0v) is 20.8. The zero-order valence-electron chi connectivity index (χ0n) is 20.8. The monoisotopic (exact) mass is 508 g/mol. The van der Waals surface area contributed by atoms with E-state index in [1.807, 2.05) is 25.8 Å². The number of nitrogens with one attached hydrogen (secondary N) is 2. The van der Waals surface area contributed by atoms with E-state index >= 15 is 0 Å². The number of benzene rings is 2. The molecular weight excluding hydrogens is 481 g/mol. The number of H-pyrrole nitrogens is 1. The largest absolute Gasteiger partial charge is 0.416 e. The summed E-state index contributed by atoms with van der Waals surface area (Å²) in [6.45, 7) is 6.57. The predicted molar refractivity (Wildman–Crippen MR) is 137 cm³/mol. The number of hydrogen-bond donors (Lipinski definition) is 2. The first-order valence-corrected chi connectivity index (χ1v) is 12.1. The van der Waals surface area contributed by atoms with E-state index in [0.717, 1.165) is 30.8 Å². The standard InChI is InChI=1S/C28H27F3N4O2/c1-16-23(32-17(2)24(16)27(37)35-12-10-34(3)11-13-35)15-21-25-20(8-5-9-22(25)33-26(21)36)18-6-4-7-19(14-18)28(29,30)31/h4-9,14-15,32H,10-13H2,1-3H3,(H,33,36). The van der Waals surface area contributed by atoms with Gasteiger partial charge in [0.1, 0.15) is 0 Å². The van der Waals surface area contributed by atoms with Crippen LogP contribution in [0.25, 0.3) is 22.8 Å². The van der Waals surface area contributed by atoms with Gasteiger partial charge >= 0.3 is 6.18 Å². The first-order valence-electron chi connectivity index (χ1n) is 12.1. The molecule has 3 aromatic rings. The number of carbonyl (C=O) groups is 2. The van der Waals surface area contributed by atoms with Gasteiger partial charge in [-0.05, 0) is 61.9 Å². The molecule has 9 heteroatoms. The number of likely N-dealkylation sites (N-methyl/N-ethyl adjacent to an activating group) is 1. The van der Waals surface area contributed by atoms with E-state index in [0.29, 0.717) is 58.0 Å². The van der Waals surface area contributed by atoms with Crippen LogP contribution in [0.15, 0.2) is 42.5 Å². The SMILES string of the molecule is Cc1[nH]c(C=C2C(=O)Nc3cccc(-c4cccc(C(F)(F)F)c4)c32)c(C)c1C(=O)N1CCN(C)CC1. The van der Waals surface area contributed by atoms with E-state index in [1.165, 1.54) is 6.07 Å². The highest BCUT2D eigenvalue weighted by molar-refractivity contribution is 6.36. The fourth-order valence-corrected chi connectivity index (χ4v) is 5.04. The van der Waals surface area contributed by atoms with Crippen LogP contribution >= 0.6 is 0 Å². The fourth-order valence-electron chi connectivity index (χ4n) is 5.04. The van der Waals surface area contributed by atoms with Crippen LogP contribution < -0.4 is 5.32 Å². The molecule has 6 nitrogen and oxygen atoms in total. The fraction of sp³-hybridized carbons (Fsp3) is 0.286. The van der Waals surface area contributed by atoms with Gasteiger partial charge in [0, 0.05) is 48.8 Å². The second-order valence-electron chi connectivity index (χ2n) is 9.58. The summed E-state index contributed by atoms with van der Waals surface area (Å²) in [6.07, 6.45) is -2.80. The van der Waals surface area contributed by atoms with Gasteiger partial charge in [0.25, 0.3) is 11.8 Å². The highest BCUT2D eigenvalue weighted by Gasteiger charge is 2.32. The van der Waals surface area contributed by atoms with Gasteiger partial charge in [-0.1, -0.05) is 24.3 Å². The Morgan fingerprint density at radius 2 is 1.73 bits per heavy atom. The van der Waals surface area contributed by atoms with Crippen LogP contribution in [0.5, 0.6) is 0 Å². The van der Waals surface area contributed by atoms with Gasteiger partial charge in [0.2, 0.25) is 0 Å². The van der Waals surface area contributed by atoms with E-state index in [1.54, 1.807) is 30.3 Å². The topological polar surface area (TPSA) is 68.4 Å². The second-order valence-corrected chi connectivity index (χ2v) is 9.58. The predicted octanol–water partition coefficient (Wildman–Crippen LogP) is 5.20. The summed E-state index contributed by atoms with van der Waals surface area (Å²) in [5.74, 6) is -0.405. The maximum Gasteiger partial charge on any atom is 0.416 e. The molecule has 0 radical (unpaired) electrons. The highest BCUT2D eigenvalue weighted by Crippen LogP contribution is 2.42. The summed E-state index contributed by atoms with van der Waals surface area (Å²) >= 11 is 0. The van der Waals surface area contributed by atoms with Crippen LogP contribution in [0, 0.1) is 13.8 Å². The number of alkyl halides is 3. The van der Waals surface area contributed by atoms with E-state index in [9.17, 15) is 22.8 Å². The van der Waals surface area contributed by atoms with Crippen LogP contribution in [0.1, 0.15) is 38.4 Å². The lowest BCUT2D eigenvalue weighted by molar-refractivity contribution is -0.137. The molecule has 37 heavy (non-hydrogen) atoms. The van der Waals surface area contributed by atoms with Gasteiger partial charge in [-0.25, -0.2) is 0 Å². The molecule has 2 amide bonds.